The average molecular weight is 285 g/mol. The van der Waals surface area contributed by atoms with Gasteiger partial charge in [0.15, 0.2) is 11.0 Å². The zero-order valence-corrected chi connectivity index (χ0v) is 11.2. The van der Waals surface area contributed by atoms with E-state index >= 15 is 0 Å². The maximum atomic E-state index is 10.4. The highest BCUT2D eigenvalue weighted by Crippen LogP contribution is 2.29. The molecule has 0 fully saturated rings. The van der Waals surface area contributed by atoms with Gasteiger partial charge in [0.1, 0.15) is 29.1 Å². The second kappa shape index (κ2) is 4.86. The SMILES string of the molecule is COc1ccc(-c2coc3cc(O)cc(O)c3c2=[OH+])cc1. The van der Waals surface area contributed by atoms with Crippen molar-refractivity contribution >= 4 is 11.0 Å². The fourth-order valence-corrected chi connectivity index (χ4v) is 2.21. The first-order valence-electron chi connectivity index (χ1n) is 6.24. The molecule has 2 aromatic carbocycles. The number of hydrogen-bond donors (Lipinski definition) is 2. The third-order valence-corrected chi connectivity index (χ3v) is 3.26. The summed E-state index contributed by atoms with van der Waals surface area (Å²) in [6.45, 7) is 0. The maximum absolute atomic E-state index is 10.4. The van der Waals surface area contributed by atoms with Crippen LogP contribution in [-0.2, 0) is 0 Å². The third-order valence-electron chi connectivity index (χ3n) is 3.26. The molecule has 0 aliphatic heterocycles. The van der Waals surface area contributed by atoms with E-state index < -0.39 is 0 Å². The minimum Gasteiger partial charge on any atom is -0.508 e. The van der Waals surface area contributed by atoms with Gasteiger partial charge in [-0.2, -0.15) is 0 Å². The van der Waals surface area contributed by atoms with E-state index in [2.05, 4.69) is 0 Å². The van der Waals surface area contributed by atoms with Gasteiger partial charge in [0.25, 0.3) is 0 Å². The number of fused-ring (bicyclic) bond motifs is 1. The van der Waals surface area contributed by atoms with Crippen molar-refractivity contribution in [3.63, 3.8) is 0 Å². The van der Waals surface area contributed by atoms with Crippen LogP contribution in [0.25, 0.3) is 22.1 Å². The number of phenolic OH excluding ortho intramolecular Hbond substituents is 2. The van der Waals surface area contributed by atoms with Crippen molar-refractivity contribution in [3.05, 3.63) is 48.1 Å². The molecule has 0 saturated carbocycles. The smallest absolute Gasteiger partial charge is 0.365 e. The van der Waals surface area contributed by atoms with Crippen LogP contribution in [0.15, 0.2) is 47.1 Å². The molecule has 0 aliphatic rings. The Kier molecular flexibility index (Phi) is 3.02. The lowest BCUT2D eigenvalue weighted by Crippen LogP contribution is -2.07. The molecule has 0 aliphatic carbocycles. The van der Waals surface area contributed by atoms with E-state index in [1.54, 1.807) is 31.4 Å². The molecule has 3 N–H and O–H groups in total. The molecule has 0 saturated heterocycles. The molecular formula is C16H13O5+. The van der Waals surface area contributed by atoms with Crippen LogP contribution in [0.5, 0.6) is 17.2 Å². The van der Waals surface area contributed by atoms with Gasteiger partial charge in [-0.25, -0.2) is 0 Å². The molecule has 0 bridgehead atoms. The lowest BCUT2D eigenvalue weighted by Gasteiger charge is -2.03. The number of benzene rings is 2. The zero-order valence-electron chi connectivity index (χ0n) is 11.2. The van der Waals surface area contributed by atoms with Gasteiger partial charge in [0.05, 0.1) is 7.11 Å². The summed E-state index contributed by atoms with van der Waals surface area (Å²) in [7, 11) is 1.57. The fourth-order valence-electron chi connectivity index (χ4n) is 2.21. The van der Waals surface area contributed by atoms with Crippen LogP contribution in [0.4, 0.5) is 0 Å². The molecule has 0 radical (unpaired) electrons. The lowest BCUT2D eigenvalue weighted by atomic mass is 10.0. The van der Waals surface area contributed by atoms with Crippen LogP contribution in [0.2, 0.25) is 0 Å². The third kappa shape index (κ3) is 2.18. The molecule has 5 heteroatoms. The quantitative estimate of drug-likeness (QED) is 0.709. The van der Waals surface area contributed by atoms with Crippen LogP contribution >= 0.6 is 0 Å². The van der Waals surface area contributed by atoms with Crippen LogP contribution in [-0.4, -0.2) is 22.1 Å². The van der Waals surface area contributed by atoms with Gasteiger partial charge >= 0.3 is 5.43 Å². The van der Waals surface area contributed by atoms with Crippen molar-refractivity contribution < 1.29 is 24.2 Å². The highest BCUT2D eigenvalue weighted by atomic mass is 16.5. The maximum Gasteiger partial charge on any atom is 0.365 e. The van der Waals surface area contributed by atoms with Crippen LogP contribution in [0.3, 0.4) is 0 Å². The minimum absolute atomic E-state index is 0.112. The van der Waals surface area contributed by atoms with Crippen molar-refractivity contribution in [2.24, 2.45) is 0 Å². The summed E-state index contributed by atoms with van der Waals surface area (Å²) in [6, 6.07) is 9.53. The van der Waals surface area contributed by atoms with Gasteiger partial charge < -0.3 is 19.4 Å². The first-order chi connectivity index (χ1) is 10.1. The van der Waals surface area contributed by atoms with Crippen molar-refractivity contribution in [1.82, 2.24) is 0 Å². The number of ether oxygens (including phenoxy) is 1. The summed E-state index contributed by atoms with van der Waals surface area (Å²) in [4.78, 5) is 10.4. The van der Waals surface area contributed by atoms with Crippen LogP contribution in [0, 0.1) is 0 Å². The zero-order chi connectivity index (χ0) is 15.0. The Morgan fingerprint density at radius 3 is 2.48 bits per heavy atom. The van der Waals surface area contributed by atoms with E-state index in [4.69, 9.17) is 9.15 Å². The monoisotopic (exact) mass is 285 g/mol. The Bertz CT molecular complexity index is 862. The van der Waals surface area contributed by atoms with Gasteiger partial charge in [-0.3, -0.25) is 4.79 Å². The summed E-state index contributed by atoms with van der Waals surface area (Å²) in [5, 5.41) is 19.5. The normalized spacial score (nSPS) is 10.7. The van der Waals surface area contributed by atoms with Gasteiger partial charge in [-0.15, -0.1) is 0 Å². The second-order valence-electron chi connectivity index (χ2n) is 4.56. The van der Waals surface area contributed by atoms with E-state index in [0.717, 1.165) is 6.07 Å². The van der Waals surface area contributed by atoms with Gasteiger partial charge in [0.2, 0.25) is 0 Å². The molecule has 0 atom stereocenters. The number of phenols is 2. The molecule has 3 rings (SSSR count). The summed E-state index contributed by atoms with van der Waals surface area (Å²) in [5.41, 5.74) is 1.23. The van der Waals surface area contributed by atoms with E-state index in [1.165, 1.54) is 12.3 Å². The Hall–Kier alpha value is -2.95. The Morgan fingerprint density at radius 2 is 1.81 bits per heavy atom. The Balaban J connectivity index is 2.24. The summed E-state index contributed by atoms with van der Waals surface area (Å²) >= 11 is 0. The van der Waals surface area contributed by atoms with Crippen molar-refractivity contribution in [2.45, 2.75) is 0 Å². The molecule has 0 spiro atoms. The summed E-state index contributed by atoms with van der Waals surface area (Å²) in [5.74, 6) is 0.311. The molecule has 106 valence electrons. The minimum atomic E-state index is -0.249. The molecule has 1 heterocycles. The first-order valence-corrected chi connectivity index (χ1v) is 6.24. The number of hydrogen-bond acceptors (Lipinski definition) is 4. The highest BCUT2D eigenvalue weighted by molar-refractivity contribution is 5.87. The lowest BCUT2D eigenvalue weighted by molar-refractivity contribution is 0.415. The standard InChI is InChI=1S/C16H12O5/c1-20-11-4-2-9(3-5-11)12-8-21-14-7-10(17)6-13(18)15(14)16(12)19/h2-8,17-18H,1H3/p+1. The fraction of sp³-hybridized carbons (Fsp3) is 0.0625. The number of rotatable bonds is 2. The Labute approximate surface area is 119 Å². The molecule has 0 unspecified atom stereocenters. The molecule has 3 aromatic rings. The molecule has 1 aromatic heterocycles. The van der Waals surface area contributed by atoms with E-state index in [1.807, 2.05) is 0 Å². The largest absolute Gasteiger partial charge is 0.508 e. The number of aromatic hydroxyl groups is 2. The van der Waals surface area contributed by atoms with Crippen molar-refractivity contribution in [2.75, 3.05) is 7.11 Å². The van der Waals surface area contributed by atoms with Crippen LogP contribution in [0.1, 0.15) is 0 Å². The van der Waals surface area contributed by atoms with E-state index in [0.29, 0.717) is 16.9 Å². The van der Waals surface area contributed by atoms with Gasteiger partial charge in [-0.1, -0.05) is 12.1 Å². The molecule has 5 nitrogen and oxygen atoms in total. The molecule has 21 heavy (non-hydrogen) atoms. The van der Waals surface area contributed by atoms with Gasteiger partial charge in [-0.05, 0) is 17.7 Å². The molecular weight excluding hydrogens is 272 g/mol. The summed E-state index contributed by atoms with van der Waals surface area (Å²) < 4.78 is 10.5. The Morgan fingerprint density at radius 1 is 1.10 bits per heavy atom. The first kappa shape index (κ1) is 13.1. The van der Waals surface area contributed by atoms with E-state index in [-0.39, 0.29) is 27.9 Å². The highest BCUT2D eigenvalue weighted by Gasteiger charge is 2.18. The topological polar surface area (TPSA) is 84.2 Å². The predicted octanol–water partition coefficient (Wildman–Crippen LogP) is 2.52. The second-order valence-corrected chi connectivity index (χ2v) is 4.56. The van der Waals surface area contributed by atoms with Gasteiger partial charge in [0, 0.05) is 12.1 Å². The van der Waals surface area contributed by atoms with Crippen LogP contribution < -0.4 is 10.2 Å². The predicted molar refractivity (Wildman–Crippen MR) is 76.6 cm³/mol. The van der Waals surface area contributed by atoms with E-state index in [9.17, 15) is 15.0 Å². The number of methoxy groups -OCH3 is 1. The molecule has 0 amide bonds. The summed E-state index contributed by atoms with van der Waals surface area (Å²) in [6.07, 6.45) is 1.37. The average Bonchev–Trinajstić information content (AvgIpc) is 2.47. The van der Waals surface area contributed by atoms with Crippen molar-refractivity contribution in [1.29, 1.82) is 0 Å². The van der Waals surface area contributed by atoms with Crippen molar-refractivity contribution in [3.8, 4) is 28.4 Å².